The molecule has 236 valence electrons. The minimum atomic E-state index is -3.91. The average Bonchev–Trinajstić information content (AvgIpc) is 3.29. The van der Waals surface area contributed by atoms with Gasteiger partial charge in [0.15, 0.2) is 0 Å². The lowest BCUT2D eigenvalue weighted by Crippen LogP contribution is -2.55. The van der Waals surface area contributed by atoms with E-state index in [-0.39, 0.29) is 10.3 Å². The third kappa shape index (κ3) is 5.79. The van der Waals surface area contributed by atoms with Crippen molar-refractivity contribution in [2.75, 3.05) is 6.54 Å². The Bertz CT molecular complexity index is 1220. The molecule has 4 fully saturated rings. The topological polar surface area (TPSA) is 75.3 Å². The van der Waals surface area contributed by atoms with Crippen molar-refractivity contribution in [3.05, 3.63) is 29.8 Å². The van der Waals surface area contributed by atoms with Crippen LogP contribution in [0.3, 0.4) is 0 Å². The summed E-state index contributed by atoms with van der Waals surface area (Å²) < 4.78 is 27.8. The quantitative estimate of drug-likeness (QED) is 0.330. The number of hydrogen-bond donors (Lipinski definition) is 2. The van der Waals surface area contributed by atoms with E-state index in [9.17, 15) is 13.2 Å². The minimum absolute atomic E-state index is 0.0650. The van der Waals surface area contributed by atoms with Crippen LogP contribution >= 0.6 is 0 Å². The van der Waals surface area contributed by atoms with Crippen LogP contribution in [-0.4, -0.2) is 21.0 Å². The Balaban J connectivity index is 1.17. The number of carbonyl (C=O) groups excluding carboxylic acids is 1. The van der Waals surface area contributed by atoms with Crippen molar-refractivity contribution < 1.29 is 13.2 Å². The van der Waals surface area contributed by atoms with Crippen LogP contribution in [0.2, 0.25) is 0 Å². The number of hydrogen-bond acceptors (Lipinski definition) is 3. The molecule has 4 saturated carbocycles. The van der Waals surface area contributed by atoms with Gasteiger partial charge in [-0.15, -0.1) is 0 Å². The standard InChI is InChI=1S/C36H58N2O3S/c1-8-25-23-28-31-17-16-29(36(31,7)21-18-32(28)35(6)20-10-9-11-30(25)35)24(2)19-22-37-33(39)38-42(40,41)27-14-12-26(13-15-27)34(3,4)5/h12-15,24-25,28-32H,8-11,16-23H2,1-7H3,(H2,37,38,39)/t24-,25+,28+,29-,30+,31?,32+,35+,36-/m1/s1. The zero-order valence-corrected chi connectivity index (χ0v) is 28.3. The molecule has 0 aliphatic heterocycles. The van der Waals surface area contributed by atoms with Crippen LogP contribution in [0.4, 0.5) is 4.79 Å². The molecule has 5 nitrogen and oxygen atoms in total. The van der Waals surface area contributed by atoms with E-state index in [2.05, 4.69) is 58.5 Å². The normalized spacial score (nSPS) is 37.2. The smallest absolute Gasteiger partial charge is 0.328 e. The highest BCUT2D eigenvalue weighted by molar-refractivity contribution is 7.90. The van der Waals surface area contributed by atoms with Gasteiger partial charge in [0.1, 0.15) is 0 Å². The Morgan fingerprint density at radius 2 is 1.64 bits per heavy atom. The predicted molar refractivity (Wildman–Crippen MR) is 172 cm³/mol. The van der Waals surface area contributed by atoms with Crippen molar-refractivity contribution in [1.29, 1.82) is 0 Å². The van der Waals surface area contributed by atoms with Gasteiger partial charge in [0.2, 0.25) is 0 Å². The lowest BCUT2D eigenvalue weighted by Gasteiger charge is -2.63. The molecular weight excluding hydrogens is 540 g/mol. The van der Waals surface area contributed by atoms with Crippen LogP contribution in [0.25, 0.3) is 0 Å². The van der Waals surface area contributed by atoms with Crippen molar-refractivity contribution in [3.8, 4) is 0 Å². The molecule has 0 bridgehead atoms. The monoisotopic (exact) mass is 598 g/mol. The Hall–Kier alpha value is -1.56. The molecule has 4 aliphatic rings. The van der Waals surface area contributed by atoms with Gasteiger partial charge in [0.05, 0.1) is 4.90 Å². The summed E-state index contributed by atoms with van der Waals surface area (Å²) in [4.78, 5) is 12.7. The van der Waals surface area contributed by atoms with Crippen LogP contribution in [0.1, 0.15) is 125 Å². The third-order valence-electron chi connectivity index (χ3n) is 13.2. The average molecular weight is 599 g/mol. The molecule has 1 aromatic rings. The van der Waals surface area contributed by atoms with E-state index in [4.69, 9.17) is 0 Å². The Morgan fingerprint density at radius 3 is 2.31 bits per heavy atom. The first-order valence-corrected chi connectivity index (χ1v) is 18.6. The molecule has 1 unspecified atom stereocenters. The molecule has 2 N–H and O–H groups in total. The third-order valence-corrected chi connectivity index (χ3v) is 14.5. The molecule has 0 radical (unpaired) electrons. The molecule has 5 rings (SSSR count). The predicted octanol–water partition coefficient (Wildman–Crippen LogP) is 8.68. The summed E-state index contributed by atoms with van der Waals surface area (Å²) in [5.41, 5.74) is 1.93. The summed E-state index contributed by atoms with van der Waals surface area (Å²) in [6, 6.07) is 6.16. The van der Waals surface area contributed by atoms with Crippen molar-refractivity contribution in [2.24, 2.45) is 52.3 Å². The number of sulfonamides is 1. The Kier molecular flexibility index (Phi) is 8.91. The molecule has 0 heterocycles. The lowest BCUT2D eigenvalue weighted by molar-refractivity contribution is -0.138. The summed E-state index contributed by atoms with van der Waals surface area (Å²) in [6.07, 6.45) is 14.9. The summed E-state index contributed by atoms with van der Waals surface area (Å²) in [5.74, 6) is 5.67. The van der Waals surface area contributed by atoms with E-state index < -0.39 is 16.1 Å². The van der Waals surface area contributed by atoms with Crippen LogP contribution in [0.5, 0.6) is 0 Å². The number of fused-ring (bicyclic) bond motifs is 5. The highest BCUT2D eigenvalue weighted by atomic mass is 32.2. The second-order valence-electron chi connectivity index (χ2n) is 16.3. The van der Waals surface area contributed by atoms with Crippen LogP contribution in [0, 0.1) is 52.3 Å². The van der Waals surface area contributed by atoms with Gasteiger partial charge in [-0.05, 0) is 127 Å². The number of carbonyl (C=O) groups is 1. The first-order valence-electron chi connectivity index (χ1n) is 17.1. The fourth-order valence-electron chi connectivity index (χ4n) is 11.0. The zero-order valence-electron chi connectivity index (χ0n) is 27.5. The van der Waals surface area contributed by atoms with Crippen LogP contribution in [-0.2, 0) is 15.4 Å². The van der Waals surface area contributed by atoms with E-state index in [0.717, 1.165) is 41.6 Å². The van der Waals surface area contributed by atoms with Crippen molar-refractivity contribution in [3.63, 3.8) is 0 Å². The molecule has 0 aromatic heterocycles. The lowest BCUT2D eigenvalue weighted by atomic mass is 9.42. The molecule has 0 saturated heterocycles. The van der Waals surface area contributed by atoms with Crippen molar-refractivity contribution in [1.82, 2.24) is 10.0 Å². The summed E-state index contributed by atoms with van der Waals surface area (Å²) in [6.45, 7) is 16.9. The maximum atomic E-state index is 12.8. The number of nitrogens with one attached hydrogen (secondary N) is 2. The maximum absolute atomic E-state index is 12.8. The van der Waals surface area contributed by atoms with Crippen molar-refractivity contribution in [2.45, 2.75) is 129 Å². The number of benzene rings is 1. The molecular formula is C36H58N2O3S. The number of amides is 2. The van der Waals surface area contributed by atoms with Crippen LogP contribution in [0.15, 0.2) is 29.2 Å². The summed E-state index contributed by atoms with van der Waals surface area (Å²) in [7, 11) is -3.91. The Labute approximate surface area is 256 Å². The second-order valence-corrected chi connectivity index (χ2v) is 18.0. The fraction of sp³-hybridized carbons (Fsp3) is 0.806. The first kappa shape index (κ1) is 31.9. The van der Waals surface area contributed by atoms with E-state index in [1.165, 1.54) is 64.2 Å². The van der Waals surface area contributed by atoms with Gasteiger partial charge in [-0.1, -0.05) is 79.9 Å². The van der Waals surface area contributed by atoms with Crippen LogP contribution < -0.4 is 10.0 Å². The molecule has 1 aromatic carbocycles. The molecule has 0 spiro atoms. The summed E-state index contributed by atoms with van der Waals surface area (Å²) in [5, 5.41) is 2.85. The minimum Gasteiger partial charge on any atom is -0.337 e. The fourth-order valence-corrected chi connectivity index (χ4v) is 11.9. The molecule has 9 atom stereocenters. The zero-order chi connectivity index (χ0) is 30.5. The molecule has 4 aliphatic carbocycles. The molecule has 6 heteroatoms. The van der Waals surface area contributed by atoms with E-state index in [1.54, 1.807) is 12.1 Å². The number of rotatable bonds is 7. The van der Waals surface area contributed by atoms with E-state index in [1.807, 2.05) is 12.1 Å². The highest BCUT2D eigenvalue weighted by Crippen LogP contribution is 2.69. The Morgan fingerprint density at radius 1 is 0.952 bits per heavy atom. The molecule has 42 heavy (non-hydrogen) atoms. The van der Waals surface area contributed by atoms with Crippen molar-refractivity contribution >= 4 is 16.1 Å². The molecule has 2 amide bonds. The number of urea groups is 1. The second kappa shape index (κ2) is 11.7. The SMILES string of the molecule is CC[C@H]1C[C@H]2C3CC[C@H]([C@H](C)CCNC(=O)NS(=O)(=O)c4ccc(C(C)(C)C)cc4)[C@@]3(C)CC[C@@H]2[C@@]2(C)CCCC[C@@H]12. The van der Waals surface area contributed by atoms with Gasteiger partial charge >= 0.3 is 6.03 Å². The van der Waals surface area contributed by atoms with E-state index in [0.29, 0.717) is 29.2 Å². The van der Waals surface area contributed by atoms with Gasteiger partial charge in [-0.2, -0.15) is 0 Å². The first-order chi connectivity index (χ1) is 19.7. The van der Waals surface area contributed by atoms with Gasteiger partial charge in [0.25, 0.3) is 10.0 Å². The van der Waals surface area contributed by atoms with Gasteiger partial charge in [-0.3, -0.25) is 0 Å². The summed E-state index contributed by atoms with van der Waals surface area (Å²) >= 11 is 0. The maximum Gasteiger partial charge on any atom is 0.328 e. The van der Waals surface area contributed by atoms with Gasteiger partial charge < -0.3 is 5.32 Å². The highest BCUT2D eigenvalue weighted by Gasteiger charge is 2.61. The van der Waals surface area contributed by atoms with Gasteiger partial charge in [-0.25, -0.2) is 17.9 Å². The largest absolute Gasteiger partial charge is 0.337 e. The van der Waals surface area contributed by atoms with Gasteiger partial charge in [0, 0.05) is 6.54 Å². The van der Waals surface area contributed by atoms with E-state index >= 15 is 0 Å².